The van der Waals surface area contributed by atoms with Crippen molar-refractivity contribution < 1.29 is 0 Å². The van der Waals surface area contributed by atoms with Crippen molar-refractivity contribution in [2.45, 2.75) is 0 Å². The first kappa shape index (κ1) is 9.08. The smallest absolute Gasteiger partial charge is 0.0396 e. The van der Waals surface area contributed by atoms with Gasteiger partial charge in [0.05, 0.1) is 0 Å². The second-order valence-electron chi connectivity index (χ2n) is 1.82. The molecule has 0 spiro atoms. The molecular formula is C6H3I2N3. The predicted octanol–water partition coefficient (Wildman–Crippen LogP) is 3.84. The van der Waals surface area contributed by atoms with Gasteiger partial charge in [0.1, 0.15) is 0 Å². The summed E-state index contributed by atoms with van der Waals surface area (Å²) in [5.74, 6) is 0. The van der Waals surface area contributed by atoms with Crippen molar-refractivity contribution in [1.29, 1.82) is 0 Å². The van der Waals surface area contributed by atoms with E-state index < -0.39 is 0 Å². The third kappa shape index (κ3) is 2.84. The Hall–Kier alpha value is -0.0100. The maximum Gasteiger partial charge on any atom is 0.0396 e. The first-order valence-corrected chi connectivity index (χ1v) is 4.89. The van der Waals surface area contributed by atoms with Crippen LogP contribution in [0.5, 0.6) is 0 Å². The zero-order chi connectivity index (χ0) is 8.27. The standard InChI is InChI=1S/C6H3I2N3/c7-4-1-5(8)3-6(2-4)10-11-9/h1-3H. The highest BCUT2D eigenvalue weighted by atomic mass is 127. The highest BCUT2D eigenvalue weighted by Crippen LogP contribution is 2.20. The molecule has 0 radical (unpaired) electrons. The van der Waals surface area contributed by atoms with Crippen molar-refractivity contribution in [3.63, 3.8) is 0 Å². The summed E-state index contributed by atoms with van der Waals surface area (Å²) in [4.78, 5) is 2.71. The normalized spacial score (nSPS) is 8.91. The molecule has 0 atom stereocenters. The van der Waals surface area contributed by atoms with Crippen LogP contribution in [-0.2, 0) is 0 Å². The summed E-state index contributed by atoms with van der Waals surface area (Å²) >= 11 is 4.37. The third-order valence-corrected chi connectivity index (χ3v) is 2.25. The molecule has 0 heterocycles. The Bertz CT molecular complexity index is 297. The quantitative estimate of drug-likeness (QED) is 0.312. The Morgan fingerprint density at radius 1 is 1.18 bits per heavy atom. The molecule has 3 nitrogen and oxygen atoms in total. The Morgan fingerprint density at radius 2 is 1.73 bits per heavy atom. The van der Waals surface area contributed by atoms with Crippen LogP contribution >= 0.6 is 45.2 Å². The average molecular weight is 371 g/mol. The van der Waals surface area contributed by atoms with Crippen LogP contribution in [0, 0.1) is 7.14 Å². The molecule has 0 N–H and O–H groups in total. The summed E-state index contributed by atoms with van der Waals surface area (Å²) in [7, 11) is 0. The monoisotopic (exact) mass is 371 g/mol. The summed E-state index contributed by atoms with van der Waals surface area (Å²) in [6.45, 7) is 0. The second kappa shape index (κ2) is 4.13. The van der Waals surface area contributed by atoms with E-state index in [1.54, 1.807) is 0 Å². The van der Waals surface area contributed by atoms with Gasteiger partial charge in [-0.1, -0.05) is 5.11 Å². The molecule has 1 aromatic rings. The van der Waals surface area contributed by atoms with E-state index in [0.717, 1.165) is 7.14 Å². The molecule has 0 bridgehead atoms. The molecule has 0 saturated carbocycles. The van der Waals surface area contributed by atoms with Crippen LogP contribution in [0.2, 0.25) is 0 Å². The molecule has 0 aliphatic carbocycles. The minimum absolute atomic E-state index is 0.670. The van der Waals surface area contributed by atoms with Crippen LogP contribution < -0.4 is 0 Å². The Labute approximate surface area is 91.1 Å². The SMILES string of the molecule is [N-]=[N+]=Nc1cc(I)cc(I)c1. The third-order valence-electron chi connectivity index (χ3n) is 1.01. The van der Waals surface area contributed by atoms with Gasteiger partial charge in [-0.2, -0.15) is 0 Å². The lowest BCUT2D eigenvalue weighted by molar-refractivity contribution is 1.44. The Balaban J connectivity index is 3.18. The molecule has 1 rings (SSSR count). The minimum atomic E-state index is 0.670. The maximum atomic E-state index is 8.15. The molecule has 11 heavy (non-hydrogen) atoms. The van der Waals surface area contributed by atoms with Gasteiger partial charge in [-0.15, -0.1) is 0 Å². The molecule has 0 amide bonds. The van der Waals surface area contributed by atoms with E-state index in [2.05, 4.69) is 55.2 Å². The zero-order valence-corrected chi connectivity index (χ0v) is 9.64. The number of benzene rings is 1. The highest BCUT2D eigenvalue weighted by molar-refractivity contribution is 14.1. The van der Waals surface area contributed by atoms with Gasteiger partial charge in [0, 0.05) is 17.7 Å². The summed E-state index contributed by atoms with van der Waals surface area (Å²) in [6, 6.07) is 5.68. The molecule has 1 aromatic carbocycles. The average Bonchev–Trinajstić information content (AvgIpc) is 1.85. The number of nitrogens with zero attached hydrogens (tertiary/aromatic N) is 3. The van der Waals surface area contributed by atoms with E-state index in [9.17, 15) is 0 Å². The van der Waals surface area contributed by atoms with E-state index in [0.29, 0.717) is 5.69 Å². The van der Waals surface area contributed by atoms with Crippen LogP contribution in [-0.4, -0.2) is 0 Å². The molecule has 56 valence electrons. The first-order valence-electron chi connectivity index (χ1n) is 2.73. The van der Waals surface area contributed by atoms with Crippen LogP contribution in [0.25, 0.3) is 10.4 Å². The fourth-order valence-corrected chi connectivity index (χ4v) is 2.55. The first-order chi connectivity index (χ1) is 5.22. The number of rotatable bonds is 1. The largest absolute Gasteiger partial charge is 0.0607 e. The van der Waals surface area contributed by atoms with Crippen molar-refractivity contribution >= 4 is 50.9 Å². The molecule has 5 heteroatoms. The van der Waals surface area contributed by atoms with Gasteiger partial charge >= 0.3 is 0 Å². The lowest BCUT2D eigenvalue weighted by Gasteiger charge is -1.94. The van der Waals surface area contributed by atoms with E-state index in [1.165, 1.54) is 0 Å². The highest BCUT2D eigenvalue weighted by Gasteiger charge is 1.93. The summed E-state index contributed by atoms with van der Waals surface area (Å²) in [5, 5.41) is 3.50. The molecule has 0 unspecified atom stereocenters. The van der Waals surface area contributed by atoms with E-state index in [4.69, 9.17) is 5.53 Å². The van der Waals surface area contributed by atoms with Gasteiger partial charge in [-0.3, -0.25) is 0 Å². The van der Waals surface area contributed by atoms with E-state index >= 15 is 0 Å². The summed E-state index contributed by atoms with van der Waals surface area (Å²) in [6.07, 6.45) is 0. The maximum absolute atomic E-state index is 8.15. The van der Waals surface area contributed by atoms with Gasteiger partial charge in [0.2, 0.25) is 0 Å². The summed E-state index contributed by atoms with van der Waals surface area (Å²) < 4.78 is 2.16. The van der Waals surface area contributed by atoms with E-state index in [-0.39, 0.29) is 0 Å². The number of halogens is 2. The molecule has 0 fully saturated rings. The fraction of sp³-hybridized carbons (Fsp3) is 0. The van der Waals surface area contributed by atoms with Crippen molar-refractivity contribution in [2.75, 3.05) is 0 Å². The van der Waals surface area contributed by atoms with Gasteiger partial charge in [0.15, 0.2) is 0 Å². The molecule has 0 aliphatic rings. The number of azide groups is 1. The van der Waals surface area contributed by atoms with Gasteiger partial charge in [-0.25, -0.2) is 0 Å². The van der Waals surface area contributed by atoms with E-state index in [1.807, 2.05) is 18.2 Å². The van der Waals surface area contributed by atoms with Gasteiger partial charge < -0.3 is 0 Å². The second-order valence-corrected chi connectivity index (χ2v) is 4.31. The predicted molar refractivity (Wildman–Crippen MR) is 60.7 cm³/mol. The number of hydrogen-bond donors (Lipinski definition) is 0. The Morgan fingerprint density at radius 3 is 2.18 bits per heavy atom. The number of hydrogen-bond acceptors (Lipinski definition) is 1. The zero-order valence-electron chi connectivity index (χ0n) is 5.33. The lowest BCUT2D eigenvalue weighted by Crippen LogP contribution is -1.73. The topological polar surface area (TPSA) is 48.8 Å². The van der Waals surface area contributed by atoms with Crippen LogP contribution in [0.1, 0.15) is 0 Å². The van der Waals surface area contributed by atoms with Crippen LogP contribution in [0.15, 0.2) is 23.3 Å². The summed E-state index contributed by atoms with van der Waals surface area (Å²) in [5.41, 5.74) is 8.83. The Kier molecular flexibility index (Phi) is 3.41. The van der Waals surface area contributed by atoms with Crippen LogP contribution in [0.3, 0.4) is 0 Å². The van der Waals surface area contributed by atoms with Gasteiger partial charge in [-0.05, 0) is 68.9 Å². The molecular weight excluding hydrogens is 368 g/mol. The van der Waals surface area contributed by atoms with Crippen molar-refractivity contribution in [3.8, 4) is 0 Å². The van der Waals surface area contributed by atoms with Gasteiger partial charge in [0.25, 0.3) is 0 Å². The van der Waals surface area contributed by atoms with Crippen LogP contribution in [0.4, 0.5) is 5.69 Å². The lowest BCUT2D eigenvalue weighted by atomic mass is 10.3. The molecule has 0 aromatic heterocycles. The fourth-order valence-electron chi connectivity index (χ4n) is 0.649. The van der Waals surface area contributed by atoms with Crippen molar-refractivity contribution in [1.82, 2.24) is 0 Å². The van der Waals surface area contributed by atoms with Crippen molar-refractivity contribution in [2.24, 2.45) is 5.11 Å². The van der Waals surface area contributed by atoms with Crippen molar-refractivity contribution in [3.05, 3.63) is 35.8 Å². The molecule has 0 saturated heterocycles. The minimum Gasteiger partial charge on any atom is -0.0607 e. The molecule has 0 aliphatic heterocycles.